The topological polar surface area (TPSA) is 87.5 Å². The van der Waals surface area contributed by atoms with E-state index >= 15 is 0 Å². The highest BCUT2D eigenvalue weighted by molar-refractivity contribution is 5.78. The summed E-state index contributed by atoms with van der Waals surface area (Å²) in [7, 11) is 1.51. The summed E-state index contributed by atoms with van der Waals surface area (Å²) in [5.74, 6) is -0.620. The molecule has 34 heavy (non-hydrogen) atoms. The quantitative estimate of drug-likeness (QED) is 0.459. The number of aromatic nitrogens is 2. The molecule has 1 aliphatic rings. The molecule has 1 aliphatic carbocycles. The molecule has 6 nitrogen and oxygen atoms in total. The van der Waals surface area contributed by atoms with Crippen LogP contribution >= 0.6 is 0 Å². The lowest BCUT2D eigenvalue weighted by atomic mass is 9.80. The van der Waals surface area contributed by atoms with Crippen molar-refractivity contribution >= 4 is 17.1 Å². The number of nitrogens with one attached hydrogen (secondary N) is 1. The van der Waals surface area contributed by atoms with Crippen molar-refractivity contribution in [1.82, 2.24) is 15.3 Å². The standard InChI is InChI=1S/C26H29F2N3O3/c1-34-23-15-30-22-6-2-5-20(24(22)31-23)26(33)25(32)16-7-10-19(11-8-16)29-13-3-4-17-14-18(27)9-12-21(17)28/h2-6,9,12,14-16,19,25-26,29,32-33H,7-8,10-11,13H2,1H3/b4-3+. The summed E-state index contributed by atoms with van der Waals surface area (Å²) in [5.41, 5.74) is 1.90. The predicted molar refractivity (Wildman–Crippen MR) is 126 cm³/mol. The largest absolute Gasteiger partial charge is 0.480 e. The van der Waals surface area contributed by atoms with Gasteiger partial charge in [-0.15, -0.1) is 0 Å². The van der Waals surface area contributed by atoms with Crippen molar-refractivity contribution in [1.29, 1.82) is 0 Å². The van der Waals surface area contributed by atoms with Crippen LogP contribution in [0.4, 0.5) is 8.78 Å². The van der Waals surface area contributed by atoms with E-state index in [0.717, 1.165) is 37.8 Å². The lowest BCUT2D eigenvalue weighted by Gasteiger charge is -2.34. The molecule has 4 rings (SSSR count). The van der Waals surface area contributed by atoms with Crippen LogP contribution in [-0.4, -0.2) is 46.0 Å². The summed E-state index contributed by atoms with van der Waals surface area (Å²) in [6.45, 7) is 0.535. The molecule has 3 N–H and O–H groups in total. The molecule has 180 valence electrons. The van der Waals surface area contributed by atoms with Gasteiger partial charge in [0.15, 0.2) is 0 Å². The van der Waals surface area contributed by atoms with Gasteiger partial charge in [-0.05, 0) is 55.9 Å². The number of hydrogen-bond donors (Lipinski definition) is 3. The van der Waals surface area contributed by atoms with Crippen LogP contribution in [0.1, 0.15) is 42.9 Å². The van der Waals surface area contributed by atoms with E-state index in [4.69, 9.17) is 4.74 Å². The minimum atomic E-state index is -1.08. The summed E-state index contributed by atoms with van der Waals surface area (Å²) in [4.78, 5) is 8.72. The second kappa shape index (κ2) is 11.0. The molecule has 1 heterocycles. The number of fused-ring (bicyclic) bond motifs is 1. The molecular weight excluding hydrogens is 440 g/mol. The first kappa shape index (κ1) is 24.2. The zero-order valence-electron chi connectivity index (χ0n) is 19.0. The Morgan fingerprint density at radius 3 is 2.71 bits per heavy atom. The highest BCUT2D eigenvalue weighted by atomic mass is 19.1. The molecule has 0 radical (unpaired) electrons. The van der Waals surface area contributed by atoms with Crippen LogP contribution in [0.25, 0.3) is 17.1 Å². The summed E-state index contributed by atoms with van der Waals surface area (Å²) in [5, 5.41) is 25.3. The van der Waals surface area contributed by atoms with Gasteiger partial charge < -0.3 is 20.3 Å². The third-order valence-electron chi connectivity index (χ3n) is 6.47. The first-order valence-electron chi connectivity index (χ1n) is 11.5. The lowest BCUT2D eigenvalue weighted by molar-refractivity contribution is -0.0300. The number of methoxy groups -OCH3 is 1. The van der Waals surface area contributed by atoms with Gasteiger partial charge >= 0.3 is 0 Å². The molecule has 2 unspecified atom stereocenters. The molecule has 1 aromatic heterocycles. The van der Waals surface area contributed by atoms with E-state index in [0.29, 0.717) is 29.0 Å². The van der Waals surface area contributed by atoms with Gasteiger partial charge in [-0.2, -0.15) is 0 Å². The Bertz CT molecular complexity index is 1150. The Morgan fingerprint density at radius 2 is 1.94 bits per heavy atom. The van der Waals surface area contributed by atoms with Crippen molar-refractivity contribution < 1.29 is 23.7 Å². The van der Waals surface area contributed by atoms with Crippen LogP contribution in [-0.2, 0) is 0 Å². The summed E-state index contributed by atoms with van der Waals surface area (Å²) in [6.07, 6.45) is 6.08. The van der Waals surface area contributed by atoms with Gasteiger partial charge in [-0.25, -0.2) is 18.7 Å². The SMILES string of the molecule is COc1cnc2cccc(C(O)C(O)C3CCC(NC/C=C/c4cc(F)ccc4F)CC3)c2n1. The molecule has 0 amide bonds. The number of nitrogens with zero attached hydrogens (tertiary/aromatic N) is 2. The number of aliphatic hydroxyl groups is 2. The minimum absolute atomic E-state index is 0.0428. The monoisotopic (exact) mass is 469 g/mol. The number of para-hydroxylation sites is 1. The first-order chi connectivity index (χ1) is 16.5. The van der Waals surface area contributed by atoms with E-state index in [2.05, 4.69) is 15.3 Å². The number of hydrogen-bond acceptors (Lipinski definition) is 6. The maximum absolute atomic E-state index is 13.7. The fraction of sp³-hybridized carbons (Fsp3) is 0.385. The number of ether oxygens (including phenoxy) is 1. The molecular formula is C26H29F2N3O3. The highest BCUT2D eigenvalue weighted by Crippen LogP contribution is 2.34. The van der Waals surface area contributed by atoms with Crippen molar-refractivity contribution in [3.8, 4) is 5.88 Å². The number of benzene rings is 2. The van der Waals surface area contributed by atoms with E-state index in [9.17, 15) is 19.0 Å². The van der Waals surface area contributed by atoms with Gasteiger partial charge in [0.25, 0.3) is 0 Å². The normalized spacial score (nSPS) is 20.5. The van der Waals surface area contributed by atoms with Crippen LogP contribution in [0.3, 0.4) is 0 Å². The van der Waals surface area contributed by atoms with Crippen LogP contribution in [0, 0.1) is 17.6 Å². The minimum Gasteiger partial charge on any atom is -0.480 e. The number of aliphatic hydroxyl groups excluding tert-OH is 2. The first-order valence-corrected chi connectivity index (χ1v) is 11.5. The Labute approximate surface area is 197 Å². The molecule has 3 aromatic rings. The average Bonchev–Trinajstić information content (AvgIpc) is 2.87. The van der Waals surface area contributed by atoms with Crippen molar-refractivity contribution in [2.75, 3.05) is 13.7 Å². The second-order valence-corrected chi connectivity index (χ2v) is 8.65. The molecule has 0 saturated heterocycles. The Morgan fingerprint density at radius 1 is 1.15 bits per heavy atom. The van der Waals surface area contributed by atoms with Crippen molar-refractivity contribution in [2.24, 2.45) is 5.92 Å². The molecule has 2 atom stereocenters. The smallest absolute Gasteiger partial charge is 0.232 e. The Hall–Kier alpha value is -2.94. The Balaban J connectivity index is 1.31. The average molecular weight is 470 g/mol. The molecule has 0 aliphatic heterocycles. The lowest BCUT2D eigenvalue weighted by Crippen LogP contribution is -2.37. The fourth-order valence-electron chi connectivity index (χ4n) is 4.55. The van der Waals surface area contributed by atoms with Gasteiger partial charge in [0.05, 0.1) is 30.4 Å². The molecule has 1 saturated carbocycles. The maximum atomic E-state index is 13.7. The van der Waals surface area contributed by atoms with Gasteiger partial charge in [0.2, 0.25) is 5.88 Å². The van der Waals surface area contributed by atoms with E-state index in [-0.39, 0.29) is 17.5 Å². The Kier molecular flexibility index (Phi) is 7.82. The molecule has 1 fully saturated rings. The highest BCUT2D eigenvalue weighted by Gasteiger charge is 2.32. The molecule has 8 heteroatoms. The number of halogens is 2. The van der Waals surface area contributed by atoms with Gasteiger partial charge in [0.1, 0.15) is 17.7 Å². The van der Waals surface area contributed by atoms with E-state index in [1.165, 1.54) is 19.4 Å². The van der Waals surface area contributed by atoms with E-state index in [1.807, 2.05) is 0 Å². The number of rotatable bonds is 8. The molecule has 2 aromatic carbocycles. The van der Waals surface area contributed by atoms with E-state index < -0.39 is 23.8 Å². The molecule has 0 bridgehead atoms. The summed E-state index contributed by atoms with van der Waals surface area (Å²) >= 11 is 0. The maximum Gasteiger partial charge on any atom is 0.232 e. The van der Waals surface area contributed by atoms with E-state index in [1.54, 1.807) is 30.4 Å². The third-order valence-corrected chi connectivity index (χ3v) is 6.47. The van der Waals surface area contributed by atoms with Crippen LogP contribution in [0.5, 0.6) is 5.88 Å². The van der Waals surface area contributed by atoms with Crippen molar-refractivity contribution in [3.05, 3.63) is 71.4 Å². The predicted octanol–water partition coefficient (Wildman–Crippen LogP) is 4.17. The zero-order valence-corrected chi connectivity index (χ0v) is 19.0. The third kappa shape index (κ3) is 5.58. The summed E-state index contributed by atoms with van der Waals surface area (Å²) in [6, 6.07) is 8.99. The van der Waals surface area contributed by atoms with Crippen molar-refractivity contribution in [2.45, 2.75) is 43.9 Å². The van der Waals surface area contributed by atoms with Gasteiger partial charge in [0, 0.05) is 23.7 Å². The fourth-order valence-corrected chi connectivity index (χ4v) is 4.55. The zero-order chi connectivity index (χ0) is 24.1. The van der Waals surface area contributed by atoms with Crippen LogP contribution < -0.4 is 10.1 Å². The molecule has 0 spiro atoms. The summed E-state index contributed by atoms with van der Waals surface area (Å²) < 4.78 is 32.1. The second-order valence-electron chi connectivity index (χ2n) is 8.65. The van der Waals surface area contributed by atoms with Crippen LogP contribution in [0.15, 0.2) is 48.7 Å². The van der Waals surface area contributed by atoms with Gasteiger partial charge in [-0.1, -0.05) is 24.3 Å². The van der Waals surface area contributed by atoms with Crippen LogP contribution in [0.2, 0.25) is 0 Å². The van der Waals surface area contributed by atoms with Crippen molar-refractivity contribution in [3.63, 3.8) is 0 Å². The van der Waals surface area contributed by atoms with Gasteiger partial charge in [-0.3, -0.25) is 0 Å².